The van der Waals surface area contributed by atoms with Crippen LogP contribution in [0.4, 0.5) is 19.0 Å². The van der Waals surface area contributed by atoms with E-state index < -0.39 is 12.5 Å². The number of carbonyl (C=O) groups is 2. The van der Waals surface area contributed by atoms with Crippen LogP contribution < -0.4 is 15.4 Å². The van der Waals surface area contributed by atoms with Gasteiger partial charge in [0.1, 0.15) is 11.4 Å². The molecule has 3 rings (SSSR count). The van der Waals surface area contributed by atoms with Crippen LogP contribution in [0.25, 0.3) is 11.3 Å². The highest BCUT2D eigenvalue weighted by Crippen LogP contribution is 2.32. The second-order valence-electron chi connectivity index (χ2n) is 5.50. The Morgan fingerprint density at radius 2 is 1.82 bits per heavy atom. The molecule has 2 heterocycles. The Morgan fingerprint density at radius 3 is 2.46 bits per heavy atom. The van der Waals surface area contributed by atoms with Gasteiger partial charge in [-0.3, -0.25) is 14.9 Å². The second-order valence-corrected chi connectivity index (χ2v) is 7.56. The average Bonchev–Trinajstić information content (AvgIpc) is 3.21. The summed E-state index contributed by atoms with van der Waals surface area (Å²) in [5.41, 5.74) is 1.50. The summed E-state index contributed by atoms with van der Waals surface area (Å²) in [6, 6.07) is 6.09. The topological polar surface area (TPSA) is 93.2 Å². The Kier molecular flexibility index (Phi) is 5.95. The van der Waals surface area contributed by atoms with Crippen molar-refractivity contribution in [3.63, 3.8) is 0 Å². The molecule has 0 aliphatic rings. The van der Waals surface area contributed by atoms with E-state index in [0.29, 0.717) is 21.5 Å². The van der Waals surface area contributed by atoms with Crippen molar-refractivity contribution in [3.05, 3.63) is 40.2 Å². The smallest absolute Gasteiger partial charge is 0.387 e. The van der Waals surface area contributed by atoms with Gasteiger partial charge >= 0.3 is 6.61 Å². The summed E-state index contributed by atoms with van der Waals surface area (Å²) in [4.78, 5) is 32.6. The van der Waals surface area contributed by atoms with Crippen LogP contribution in [-0.4, -0.2) is 28.4 Å². The Bertz CT molecular complexity index is 1000. The molecule has 0 saturated carbocycles. The van der Waals surface area contributed by atoms with Crippen LogP contribution in [0.1, 0.15) is 22.3 Å². The van der Waals surface area contributed by atoms with Gasteiger partial charge < -0.3 is 10.1 Å². The van der Waals surface area contributed by atoms with Crippen molar-refractivity contribution in [3.8, 4) is 17.0 Å². The van der Waals surface area contributed by atoms with Gasteiger partial charge in [0.25, 0.3) is 5.91 Å². The molecular weight excluding hydrogens is 410 g/mol. The standard InChI is InChI=1S/C17H14F2N4O3S2/c1-8-13(10-3-5-11(6-4-10)26-15(18)19)22-17(28-8)23-14(25)12-7-27-16(21-12)20-9(2)24/h3-7,15H,1-2H3,(H,20,21,24)(H,22,23,25). The van der Waals surface area contributed by atoms with Crippen LogP contribution >= 0.6 is 22.7 Å². The first-order valence-corrected chi connectivity index (χ1v) is 9.58. The fraction of sp³-hybridized carbons (Fsp3) is 0.176. The highest BCUT2D eigenvalue weighted by atomic mass is 32.1. The molecule has 0 radical (unpaired) electrons. The van der Waals surface area contributed by atoms with Crippen molar-refractivity contribution < 1.29 is 23.1 Å². The van der Waals surface area contributed by atoms with Crippen LogP contribution in [-0.2, 0) is 4.79 Å². The van der Waals surface area contributed by atoms with E-state index in [2.05, 4.69) is 25.3 Å². The summed E-state index contributed by atoms with van der Waals surface area (Å²) in [7, 11) is 0. The number of nitrogens with one attached hydrogen (secondary N) is 2. The van der Waals surface area contributed by atoms with Crippen LogP contribution in [0.3, 0.4) is 0 Å². The lowest BCUT2D eigenvalue weighted by atomic mass is 10.1. The first-order valence-electron chi connectivity index (χ1n) is 7.89. The van der Waals surface area contributed by atoms with E-state index in [4.69, 9.17) is 0 Å². The summed E-state index contributed by atoms with van der Waals surface area (Å²) in [5.74, 6) is -0.668. The fourth-order valence-electron chi connectivity index (χ4n) is 2.26. The van der Waals surface area contributed by atoms with Crippen molar-refractivity contribution >= 4 is 44.8 Å². The normalized spacial score (nSPS) is 10.8. The third-order valence-electron chi connectivity index (χ3n) is 3.39. The highest BCUT2D eigenvalue weighted by Gasteiger charge is 2.16. The summed E-state index contributed by atoms with van der Waals surface area (Å²) in [6.45, 7) is 0.308. The first kappa shape index (κ1) is 19.8. The Labute approximate surface area is 166 Å². The SMILES string of the molecule is CC(=O)Nc1nc(C(=O)Nc2nc(-c3ccc(OC(F)F)cc3)c(C)s2)cs1. The quantitative estimate of drug-likeness (QED) is 0.612. The number of ether oxygens (including phenoxy) is 1. The molecule has 28 heavy (non-hydrogen) atoms. The number of halogens is 2. The number of rotatable bonds is 6. The maximum Gasteiger partial charge on any atom is 0.387 e. The van der Waals surface area contributed by atoms with Gasteiger partial charge in [0.15, 0.2) is 10.3 Å². The summed E-state index contributed by atoms with van der Waals surface area (Å²) in [5, 5.41) is 7.42. The summed E-state index contributed by atoms with van der Waals surface area (Å²) >= 11 is 2.42. The summed E-state index contributed by atoms with van der Waals surface area (Å²) in [6.07, 6.45) is 0. The van der Waals surface area contributed by atoms with Crippen LogP contribution in [0, 0.1) is 6.92 Å². The lowest BCUT2D eigenvalue weighted by Crippen LogP contribution is -2.12. The number of thiazole rings is 2. The van der Waals surface area contributed by atoms with Gasteiger partial charge in [-0.1, -0.05) is 0 Å². The largest absolute Gasteiger partial charge is 0.435 e. The molecule has 3 aromatic rings. The molecule has 1 aromatic carbocycles. The van der Waals surface area contributed by atoms with Crippen molar-refractivity contribution in [2.24, 2.45) is 0 Å². The molecule has 0 aliphatic carbocycles. The van der Waals surface area contributed by atoms with E-state index >= 15 is 0 Å². The van der Waals surface area contributed by atoms with Gasteiger partial charge in [-0.2, -0.15) is 8.78 Å². The van der Waals surface area contributed by atoms with E-state index in [1.165, 1.54) is 35.8 Å². The minimum atomic E-state index is -2.88. The van der Waals surface area contributed by atoms with E-state index in [-0.39, 0.29) is 17.4 Å². The lowest BCUT2D eigenvalue weighted by molar-refractivity contribution is -0.114. The third-order valence-corrected chi connectivity index (χ3v) is 5.03. The maximum atomic E-state index is 12.3. The molecule has 0 saturated heterocycles. The van der Waals surface area contributed by atoms with Gasteiger partial charge in [0, 0.05) is 22.7 Å². The molecule has 0 fully saturated rings. The number of hydrogen-bond acceptors (Lipinski definition) is 7. The number of amides is 2. The Balaban J connectivity index is 1.72. The predicted molar refractivity (Wildman–Crippen MR) is 103 cm³/mol. The number of hydrogen-bond donors (Lipinski definition) is 2. The van der Waals surface area contributed by atoms with Crippen molar-refractivity contribution in [1.82, 2.24) is 9.97 Å². The minimum Gasteiger partial charge on any atom is -0.435 e. The van der Waals surface area contributed by atoms with Crippen LogP contribution in [0.15, 0.2) is 29.6 Å². The molecular formula is C17H14F2N4O3S2. The van der Waals surface area contributed by atoms with Gasteiger partial charge in [-0.25, -0.2) is 9.97 Å². The fourth-order valence-corrected chi connectivity index (χ4v) is 3.83. The Hall–Kier alpha value is -2.92. The molecule has 0 bridgehead atoms. The monoisotopic (exact) mass is 424 g/mol. The maximum absolute atomic E-state index is 12.3. The molecule has 146 valence electrons. The number of alkyl halides is 2. The zero-order valence-corrected chi connectivity index (χ0v) is 16.3. The molecule has 2 aromatic heterocycles. The van der Waals surface area contributed by atoms with E-state index in [1.54, 1.807) is 12.1 Å². The average molecular weight is 424 g/mol. The second kappa shape index (κ2) is 8.40. The molecule has 11 heteroatoms. The van der Waals surface area contributed by atoms with E-state index in [1.807, 2.05) is 6.92 Å². The van der Waals surface area contributed by atoms with Crippen molar-refractivity contribution in [1.29, 1.82) is 0 Å². The summed E-state index contributed by atoms with van der Waals surface area (Å²) < 4.78 is 28.8. The molecule has 0 spiro atoms. The van der Waals surface area contributed by atoms with Crippen molar-refractivity contribution in [2.45, 2.75) is 20.5 Å². The van der Waals surface area contributed by atoms with Crippen molar-refractivity contribution in [2.75, 3.05) is 10.6 Å². The molecule has 7 nitrogen and oxygen atoms in total. The first-order chi connectivity index (χ1) is 13.3. The van der Waals surface area contributed by atoms with E-state index in [9.17, 15) is 18.4 Å². The lowest BCUT2D eigenvalue weighted by Gasteiger charge is -2.05. The van der Waals surface area contributed by atoms with Gasteiger partial charge in [-0.05, 0) is 31.2 Å². The van der Waals surface area contributed by atoms with E-state index in [0.717, 1.165) is 16.2 Å². The minimum absolute atomic E-state index is 0.0543. The molecule has 0 aliphatic heterocycles. The molecule has 2 N–H and O–H groups in total. The molecule has 0 atom stereocenters. The van der Waals surface area contributed by atoms with Gasteiger partial charge in [-0.15, -0.1) is 22.7 Å². The van der Waals surface area contributed by atoms with Gasteiger partial charge in [0.2, 0.25) is 5.91 Å². The zero-order chi connectivity index (χ0) is 20.3. The number of benzene rings is 1. The number of nitrogens with zero attached hydrogens (tertiary/aromatic N) is 2. The van der Waals surface area contributed by atoms with Crippen LogP contribution in [0.2, 0.25) is 0 Å². The third kappa shape index (κ3) is 4.87. The zero-order valence-electron chi connectivity index (χ0n) is 14.7. The predicted octanol–water partition coefficient (Wildman–Crippen LogP) is 4.39. The van der Waals surface area contributed by atoms with Gasteiger partial charge in [0.05, 0.1) is 5.69 Å². The molecule has 0 unspecified atom stereocenters. The number of carbonyl (C=O) groups excluding carboxylic acids is 2. The highest BCUT2D eigenvalue weighted by molar-refractivity contribution is 7.16. The Morgan fingerprint density at radius 1 is 1.11 bits per heavy atom. The number of anilines is 2. The van der Waals surface area contributed by atoms with Crippen LogP contribution in [0.5, 0.6) is 5.75 Å². The number of aromatic nitrogens is 2. The number of aryl methyl sites for hydroxylation is 1. The molecule has 2 amide bonds.